The normalized spacial score (nSPS) is 11.3. The van der Waals surface area contributed by atoms with Gasteiger partial charge >= 0.3 is 0 Å². The van der Waals surface area contributed by atoms with Crippen LogP contribution in [0.3, 0.4) is 0 Å². The molecule has 13 heavy (non-hydrogen) atoms. The molecule has 0 aromatic heterocycles. The Labute approximate surface area is 83.1 Å². The quantitative estimate of drug-likeness (QED) is 0.655. The van der Waals surface area contributed by atoms with Crippen LogP contribution in [0.25, 0.3) is 0 Å². The van der Waals surface area contributed by atoms with Crippen molar-refractivity contribution in [2.24, 2.45) is 0 Å². The van der Waals surface area contributed by atoms with Crippen LogP contribution in [0.5, 0.6) is 5.75 Å². The van der Waals surface area contributed by atoms with Gasteiger partial charge in [-0.3, -0.25) is 0 Å². The smallest absolute Gasteiger partial charge is 0.222 e. The highest BCUT2D eigenvalue weighted by molar-refractivity contribution is 6.30. The van der Waals surface area contributed by atoms with E-state index in [1.165, 1.54) is 12.8 Å². The minimum Gasteiger partial charge on any atom is -0.549 e. The van der Waals surface area contributed by atoms with Gasteiger partial charge in [-0.05, 0) is 17.7 Å². The molecule has 1 aromatic carbocycles. The van der Waals surface area contributed by atoms with Gasteiger partial charge in [-0.25, -0.2) is 0 Å². The molecule has 0 amide bonds. The zero-order valence-corrected chi connectivity index (χ0v) is 9.91. The Kier molecular flexibility index (Phi) is 4.61. The van der Waals surface area contributed by atoms with Gasteiger partial charge in [0, 0.05) is 0 Å². The van der Waals surface area contributed by atoms with E-state index >= 15 is 0 Å². The van der Waals surface area contributed by atoms with Crippen LogP contribution in [0, 0.1) is 0 Å². The van der Waals surface area contributed by atoms with Gasteiger partial charge in [0.2, 0.25) is 9.76 Å². The second-order valence-corrected chi connectivity index (χ2v) is 5.08. The van der Waals surface area contributed by atoms with E-state index in [0.29, 0.717) is 0 Å². The van der Waals surface area contributed by atoms with E-state index in [9.17, 15) is 0 Å². The van der Waals surface area contributed by atoms with Crippen molar-refractivity contribution < 1.29 is 4.43 Å². The maximum atomic E-state index is 5.79. The molecule has 72 valence electrons. The zero-order chi connectivity index (χ0) is 9.52. The average molecular weight is 194 g/mol. The number of benzene rings is 1. The Morgan fingerprint density at radius 1 is 1.15 bits per heavy atom. The highest BCUT2D eigenvalue weighted by atomic mass is 28.2. The fourth-order valence-corrected chi connectivity index (χ4v) is 2.35. The SMILES string of the molecule is CCC(CC)[SiH2]Oc1ccccc1. The standard InChI is InChI=1S/C11H18OSi/c1-3-11(4-2)13-12-10-8-6-5-7-9-10/h5-9,11H,3-4,13H2,1-2H3. The maximum Gasteiger partial charge on any atom is 0.222 e. The van der Waals surface area contributed by atoms with Crippen LogP contribution in [0.4, 0.5) is 0 Å². The Hall–Kier alpha value is -0.763. The predicted molar refractivity (Wildman–Crippen MR) is 59.9 cm³/mol. The second-order valence-electron chi connectivity index (χ2n) is 3.31. The van der Waals surface area contributed by atoms with E-state index in [0.717, 1.165) is 11.3 Å². The van der Waals surface area contributed by atoms with Gasteiger partial charge in [-0.1, -0.05) is 44.9 Å². The monoisotopic (exact) mass is 194 g/mol. The second kappa shape index (κ2) is 5.81. The molecule has 1 aromatic rings. The van der Waals surface area contributed by atoms with Crippen LogP contribution >= 0.6 is 0 Å². The molecule has 1 rings (SSSR count). The topological polar surface area (TPSA) is 9.23 Å². The minimum atomic E-state index is -0.373. The molecule has 0 N–H and O–H groups in total. The van der Waals surface area contributed by atoms with Gasteiger partial charge in [-0.15, -0.1) is 0 Å². The van der Waals surface area contributed by atoms with Crippen molar-refractivity contribution in [3.05, 3.63) is 30.3 Å². The largest absolute Gasteiger partial charge is 0.549 e. The molecule has 0 atom stereocenters. The van der Waals surface area contributed by atoms with E-state index in [4.69, 9.17) is 4.43 Å². The Balaban J connectivity index is 2.34. The molecular weight excluding hydrogens is 176 g/mol. The van der Waals surface area contributed by atoms with Crippen LogP contribution < -0.4 is 4.43 Å². The molecule has 0 saturated carbocycles. The van der Waals surface area contributed by atoms with Gasteiger partial charge in [0.25, 0.3) is 0 Å². The molecule has 0 aliphatic carbocycles. The van der Waals surface area contributed by atoms with Gasteiger partial charge in [-0.2, -0.15) is 0 Å². The van der Waals surface area contributed by atoms with Crippen LogP contribution in [0.2, 0.25) is 5.54 Å². The molecule has 0 aliphatic rings. The number of hydrogen-bond acceptors (Lipinski definition) is 1. The van der Waals surface area contributed by atoms with E-state index in [-0.39, 0.29) is 9.76 Å². The molecule has 0 fully saturated rings. The van der Waals surface area contributed by atoms with Gasteiger partial charge in [0.1, 0.15) is 5.75 Å². The van der Waals surface area contributed by atoms with Crippen molar-refractivity contribution in [3.63, 3.8) is 0 Å². The predicted octanol–water partition coefficient (Wildman–Crippen LogP) is 2.76. The van der Waals surface area contributed by atoms with Crippen molar-refractivity contribution >= 4 is 9.76 Å². The molecular formula is C11H18OSi. The van der Waals surface area contributed by atoms with Gasteiger partial charge < -0.3 is 4.43 Å². The van der Waals surface area contributed by atoms with Crippen LogP contribution in [0.15, 0.2) is 30.3 Å². The summed E-state index contributed by atoms with van der Waals surface area (Å²) in [5.41, 5.74) is 0.834. The summed E-state index contributed by atoms with van der Waals surface area (Å²) in [6.07, 6.45) is 2.52. The number of rotatable bonds is 5. The Morgan fingerprint density at radius 2 is 1.77 bits per heavy atom. The van der Waals surface area contributed by atoms with Crippen LogP contribution in [-0.2, 0) is 0 Å². The molecule has 0 heterocycles. The van der Waals surface area contributed by atoms with Gasteiger partial charge in [0.05, 0.1) is 0 Å². The summed E-state index contributed by atoms with van der Waals surface area (Å²) in [6.45, 7) is 4.49. The third-order valence-electron chi connectivity index (χ3n) is 2.38. The molecule has 1 nitrogen and oxygen atoms in total. The van der Waals surface area contributed by atoms with Crippen molar-refractivity contribution in [1.29, 1.82) is 0 Å². The van der Waals surface area contributed by atoms with E-state index in [1.54, 1.807) is 0 Å². The molecule has 0 aliphatic heterocycles. The lowest BCUT2D eigenvalue weighted by atomic mass is 10.3. The Bertz CT molecular complexity index is 219. The molecule has 0 bridgehead atoms. The number of para-hydroxylation sites is 1. The third kappa shape index (κ3) is 3.64. The summed E-state index contributed by atoms with van der Waals surface area (Å²) in [6, 6.07) is 10.1. The molecule has 0 radical (unpaired) electrons. The highest BCUT2D eigenvalue weighted by Crippen LogP contribution is 2.16. The van der Waals surface area contributed by atoms with Crippen molar-refractivity contribution in [3.8, 4) is 5.75 Å². The molecule has 0 spiro atoms. The van der Waals surface area contributed by atoms with Crippen molar-refractivity contribution in [2.75, 3.05) is 0 Å². The van der Waals surface area contributed by atoms with Crippen LogP contribution in [0.1, 0.15) is 26.7 Å². The zero-order valence-electron chi connectivity index (χ0n) is 8.49. The summed E-state index contributed by atoms with van der Waals surface area (Å²) in [5, 5.41) is 0. The van der Waals surface area contributed by atoms with E-state index in [2.05, 4.69) is 13.8 Å². The maximum absolute atomic E-state index is 5.79. The first-order valence-electron chi connectivity index (χ1n) is 5.04. The molecule has 2 heteroatoms. The highest BCUT2D eigenvalue weighted by Gasteiger charge is 2.04. The first-order chi connectivity index (χ1) is 6.36. The summed E-state index contributed by atoms with van der Waals surface area (Å²) >= 11 is 0. The van der Waals surface area contributed by atoms with E-state index in [1.807, 2.05) is 30.3 Å². The molecule has 0 unspecified atom stereocenters. The third-order valence-corrected chi connectivity index (χ3v) is 4.51. The molecule has 0 saturated heterocycles. The minimum absolute atomic E-state index is 0.373. The lowest BCUT2D eigenvalue weighted by Gasteiger charge is -2.12. The lowest BCUT2D eigenvalue weighted by Crippen LogP contribution is -2.09. The van der Waals surface area contributed by atoms with Crippen molar-refractivity contribution in [2.45, 2.75) is 32.2 Å². The first kappa shape index (κ1) is 10.3. The average Bonchev–Trinajstić information content (AvgIpc) is 2.21. The first-order valence-corrected chi connectivity index (χ1v) is 6.44. The fourth-order valence-electron chi connectivity index (χ4n) is 1.26. The summed E-state index contributed by atoms with van der Waals surface area (Å²) in [4.78, 5) is 0. The summed E-state index contributed by atoms with van der Waals surface area (Å²) < 4.78 is 5.79. The number of hydrogen-bond donors (Lipinski definition) is 0. The fraction of sp³-hybridized carbons (Fsp3) is 0.455. The lowest BCUT2D eigenvalue weighted by molar-refractivity contribution is 0.560. The summed E-state index contributed by atoms with van der Waals surface area (Å²) in [7, 11) is -0.373. The van der Waals surface area contributed by atoms with Crippen molar-refractivity contribution in [1.82, 2.24) is 0 Å². The summed E-state index contributed by atoms with van der Waals surface area (Å²) in [5.74, 6) is 1.04. The van der Waals surface area contributed by atoms with Gasteiger partial charge in [0.15, 0.2) is 0 Å². The van der Waals surface area contributed by atoms with E-state index < -0.39 is 0 Å². The Morgan fingerprint density at radius 3 is 2.31 bits per heavy atom. The van der Waals surface area contributed by atoms with Crippen LogP contribution in [-0.4, -0.2) is 9.76 Å².